The Kier molecular flexibility index (Phi) is 3.06. The number of phenols is 2. The van der Waals surface area contributed by atoms with E-state index in [2.05, 4.69) is 0 Å². The van der Waals surface area contributed by atoms with Gasteiger partial charge in [0.1, 0.15) is 22.8 Å². The first-order chi connectivity index (χ1) is 11.6. The summed E-state index contributed by atoms with van der Waals surface area (Å²) >= 11 is 0. The van der Waals surface area contributed by atoms with E-state index in [-0.39, 0.29) is 22.7 Å². The molecule has 0 saturated carbocycles. The van der Waals surface area contributed by atoms with Gasteiger partial charge in [-0.25, -0.2) is 0 Å². The predicted octanol–water partition coefficient (Wildman–Crippen LogP) is 4.33. The van der Waals surface area contributed by atoms with Crippen LogP contribution in [0.4, 0.5) is 0 Å². The maximum absolute atomic E-state index is 12.5. The fourth-order valence-corrected chi connectivity index (χ4v) is 2.99. The molecule has 0 amide bonds. The minimum Gasteiger partial charge on any atom is -0.508 e. The molecule has 0 radical (unpaired) electrons. The van der Waals surface area contributed by atoms with E-state index >= 15 is 0 Å². The van der Waals surface area contributed by atoms with Crippen molar-refractivity contribution in [1.29, 1.82) is 0 Å². The molecule has 0 unspecified atom stereocenters. The SMILES string of the molecule is Cc1c(O)ccc2c(=O)cc(-c3c(O)ccc4ccccc34)oc12. The molecule has 0 saturated heterocycles. The number of fused-ring (bicyclic) bond motifs is 2. The number of hydrogen-bond acceptors (Lipinski definition) is 4. The van der Waals surface area contributed by atoms with Crippen LogP contribution in [0, 0.1) is 6.92 Å². The van der Waals surface area contributed by atoms with Gasteiger partial charge < -0.3 is 14.6 Å². The average Bonchev–Trinajstić information content (AvgIpc) is 2.58. The topological polar surface area (TPSA) is 70.7 Å². The Labute approximate surface area is 137 Å². The molecule has 0 atom stereocenters. The lowest BCUT2D eigenvalue weighted by Crippen LogP contribution is -2.01. The predicted molar refractivity (Wildman–Crippen MR) is 93.5 cm³/mol. The van der Waals surface area contributed by atoms with Crippen LogP contribution in [0.1, 0.15) is 5.56 Å². The zero-order valence-corrected chi connectivity index (χ0v) is 12.9. The second-order valence-electron chi connectivity index (χ2n) is 5.74. The fourth-order valence-electron chi connectivity index (χ4n) is 2.99. The number of rotatable bonds is 1. The molecular weight excluding hydrogens is 304 g/mol. The summed E-state index contributed by atoms with van der Waals surface area (Å²) in [5.74, 6) is 0.370. The summed E-state index contributed by atoms with van der Waals surface area (Å²) in [6.07, 6.45) is 0. The summed E-state index contributed by atoms with van der Waals surface area (Å²) in [7, 11) is 0. The molecular formula is C20H14O4. The molecule has 4 heteroatoms. The minimum atomic E-state index is -0.221. The molecule has 0 aliphatic heterocycles. The third-order valence-electron chi connectivity index (χ3n) is 4.27. The largest absolute Gasteiger partial charge is 0.508 e. The highest BCUT2D eigenvalue weighted by molar-refractivity contribution is 5.99. The highest BCUT2D eigenvalue weighted by atomic mass is 16.3. The van der Waals surface area contributed by atoms with E-state index in [9.17, 15) is 15.0 Å². The Hall–Kier alpha value is -3.27. The van der Waals surface area contributed by atoms with Gasteiger partial charge in [0.15, 0.2) is 5.43 Å². The van der Waals surface area contributed by atoms with Gasteiger partial charge in [0, 0.05) is 11.6 Å². The lowest BCUT2D eigenvalue weighted by atomic mass is 10.0. The number of aryl methyl sites for hydroxylation is 1. The maximum atomic E-state index is 12.5. The number of aromatic hydroxyl groups is 2. The molecule has 0 aliphatic carbocycles. The van der Waals surface area contributed by atoms with Crippen molar-refractivity contribution in [1.82, 2.24) is 0 Å². The minimum absolute atomic E-state index is 0.0361. The Morgan fingerprint density at radius 3 is 2.46 bits per heavy atom. The molecule has 0 bridgehead atoms. The van der Waals surface area contributed by atoms with Gasteiger partial charge in [0.2, 0.25) is 0 Å². The average molecular weight is 318 g/mol. The molecule has 0 aliphatic rings. The second kappa shape index (κ2) is 5.13. The van der Waals surface area contributed by atoms with Crippen LogP contribution < -0.4 is 5.43 Å². The van der Waals surface area contributed by atoms with Crippen LogP contribution in [-0.4, -0.2) is 10.2 Å². The van der Waals surface area contributed by atoms with Gasteiger partial charge in [-0.05, 0) is 35.9 Å². The van der Waals surface area contributed by atoms with Gasteiger partial charge >= 0.3 is 0 Å². The van der Waals surface area contributed by atoms with Gasteiger partial charge in [0.05, 0.1) is 10.9 Å². The van der Waals surface area contributed by atoms with Gasteiger partial charge in [0.25, 0.3) is 0 Å². The zero-order chi connectivity index (χ0) is 16.8. The first kappa shape index (κ1) is 14.3. The van der Waals surface area contributed by atoms with Crippen LogP contribution in [0.2, 0.25) is 0 Å². The Bertz CT molecular complexity index is 1160. The van der Waals surface area contributed by atoms with Crippen LogP contribution in [0.3, 0.4) is 0 Å². The molecule has 0 spiro atoms. The van der Waals surface area contributed by atoms with Gasteiger partial charge in [-0.2, -0.15) is 0 Å². The Balaban J connectivity index is 2.14. The lowest BCUT2D eigenvalue weighted by Gasteiger charge is -2.10. The summed E-state index contributed by atoms with van der Waals surface area (Å²) in [5, 5.41) is 22.3. The van der Waals surface area contributed by atoms with Crippen LogP contribution in [0.5, 0.6) is 11.5 Å². The van der Waals surface area contributed by atoms with Gasteiger partial charge in [-0.3, -0.25) is 4.79 Å². The first-order valence-corrected chi connectivity index (χ1v) is 7.54. The lowest BCUT2D eigenvalue weighted by molar-refractivity contribution is 0.469. The summed E-state index contributed by atoms with van der Waals surface area (Å²) in [6.45, 7) is 1.69. The van der Waals surface area contributed by atoms with Crippen LogP contribution in [0.25, 0.3) is 33.1 Å². The summed E-state index contributed by atoms with van der Waals surface area (Å²) in [5.41, 5.74) is 1.06. The quantitative estimate of drug-likeness (QED) is 0.548. The van der Waals surface area contributed by atoms with E-state index in [1.807, 2.05) is 30.3 Å². The maximum Gasteiger partial charge on any atom is 0.193 e. The summed E-state index contributed by atoms with van der Waals surface area (Å²) in [4.78, 5) is 12.5. The van der Waals surface area contributed by atoms with E-state index in [1.165, 1.54) is 18.2 Å². The molecule has 1 aromatic heterocycles. The van der Waals surface area contributed by atoms with Crippen molar-refractivity contribution in [2.24, 2.45) is 0 Å². The molecule has 118 valence electrons. The van der Waals surface area contributed by atoms with Crippen molar-refractivity contribution >= 4 is 21.7 Å². The third kappa shape index (κ3) is 2.04. The van der Waals surface area contributed by atoms with Crippen molar-refractivity contribution < 1.29 is 14.6 Å². The van der Waals surface area contributed by atoms with Crippen LogP contribution >= 0.6 is 0 Å². The smallest absolute Gasteiger partial charge is 0.193 e. The Morgan fingerprint density at radius 2 is 1.62 bits per heavy atom. The van der Waals surface area contributed by atoms with Crippen molar-refractivity contribution in [3.63, 3.8) is 0 Å². The number of hydrogen-bond donors (Lipinski definition) is 2. The molecule has 3 aromatic carbocycles. The zero-order valence-electron chi connectivity index (χ0n) is 12.9. The second-order valence-corrected chi connectivity index (χ2v) is 5.74. The van der Waals surface area contributed by atoms with Crippen LogP contribution in [-0.2, 0) is 0 Å². The van der Waals surface area contributed by atoms with E-state index < -0.39 is 0 Å². The van der Waals surface area contributed by atoms with Crippen LogP contribution in [0.15, 0.2) is 63.8 Å². The summed E-state index contributed by atoms with van der Waals surface area (Å²) < 4.78 is 5.91. The standard InChI is InChI=1S/C20H14O4/c1-11-15(21)9-7-14-17(23)10-18(24-20(11)14)19-13-5-3-2-4-12(13)6-8-16(19)22/h2-10,21-22H,1H3. The highest BCUT2D eigenvalue weighted by Crippen LogP contribution is 2.37. The number of benzene rings is 3. The molecule has 4 rings (SSSR count). The summed E-state index contributed by atoms with van der Waals surface area (Å²) in [6, 6.07) is 15.3. The molecule has 24 heavy (non-hydrogen) atoms. The monoisotopic (exact) mass is 318 g/mol. The van der Waals surface area contributed by atoms with E-state index in [4.69, 9.17) is 4.42 Å². The van der Waals surface area contributed by atoms with Gasteiger partial charge in [-0.1, -0.05) is 30.3 Å². The molecule has 0 fully saturated rings. The van der Waals surface area contributed by atoms with Gasteiger partial charge in [-0.15, -0.1) is 0 Å². The van der Waals surface area contributed by atoms with Crippen molar-refractivity contribution in [3.8, 4) is 22.8 Å². The van der Waals surface area contributed by atoms with Crippen molar-refractivity contribution in [2.45, 2.75) is 6.92 Å². The normalized spacial score (nSPS) is 11.2. The van der Waals surface area contributed by atoms with E-state index in [0.29, 0.717) is 22.1 Å². The molecule has 4 nitrogen and oxygen atoms in total. The fraction of sp³-hybridized carbons (Fsp3) is 0.0500. The third-order valence-corrected chi connectivity index (χ3v) is 4.27. The molecule has 4 aromatic rings. The first-order valence-electron chi connectivity index (χ1n) is 7.54. The number of phenolic OH excluding ortho intramolecular Hbond substituents is 2. The van der Waals surface area contributed by atoms with E-state index in [1.54, 1.807) is 13.0 Å². The molecule has 1 heterocycles. The molecule has 2 N–H and O–H groups in total. The Morgan fingerprint density at radius 1 is 0.875 bits per heavy atom. The van der Waals surface area contributed by atoms with Crippen molar-refractivity contribution in [2.75, 3.05) is 0 Å². The van der Waals surface area contributed by atoms with Crippen molar-refractivity contribution in [3.05, 3.63) is 70.4 Å². The highest BCUT2D eigenvalue weighted by Gasteiger charge is 2.16. The van der Waals surface area contributed by atoms with E-state index in [0.717, 1.165) is 10.8 Å².